The molecule has 9 aromatic rings. The van der Waals surface area contributed by atoms with Crippen molar-refractivity contribution < 1.29 is 0 Å². The van der Waals surface area contributed by atoms with Crippen LogP contribution in [0, 0.1) is 0 Å². The summed E-state index contributed by atoms with van der Waals surface area (Å²) in [5.74, 6) is 0. The van der Waals surface area contributed by atoms with E-state index in [1.54, 1.807) is 6.20 Å². The summed E-state index contributed by atoms with van der Waals surface area (Å²) in [6, 6.07) is 60.8. The lowest BCUT2D eigenvalue weighted by molar-refractivity contribution is 1.02. The Morgan fingerprint density at radius 2 is 1.02 bits per heavy atom. The topological polar surface area (TPSA) is 30.9 Å². The molecule has 0 aliphatic rings. The fourth-order valence-electron chi connectivity index (χ4n) is 7.05. The largest absolute Gasteiger partial charge is 0.404 e. The van der Waals surface area contributed by atoms with Crippen molar-refractivity contribution in [3.63, 3.8) is 0 Å². The van der Waals surface area contributed by atoms with Gasteiger partial charge in [-0.1, -0.05) is 170 Å². The van der Waals surface area contributed by atoms with Gasteiger partial charge in [-0.15, -0.1) is 0 Å². The van der Waals surface area contributed by atoms with Crippen LogP contribution in [-0.4, -0.2) is 4.57 Å². The van der Waals surface area contributed by atoms with Crippen LogP contribution in [0.15, 0.2) is 194 Å². The smallest absolute Gasteiger partial charge is 0.0568 e. The predicted molar refractivity (Wildman–Crippen MR) is 223 cm³/mol. The summed E-state index contributed by atoms with van der Waals surface area (Å²) in [4.78, 5) is 0. The van der Waals surface area contributed by atoms with Crippen LogP contribution >= 0.6 is 0 Å². The van der Waals surface area contributed by atoms with E-state index >= 15 is 0 Å². The van der Waals surface area contributed by atoms with Crippen LogP contribution in [0.1, 0.15) is 13.8 Å². The van der Waals surface area contributed by atoms with Gasteiger partial charge in [-0.05, 0) is 86.9 Å². The minimum absolute atomic E-state index is 1.10. The van der Waals surface area contributed by atoms with E-state index in [-0.39, 0.29) is 0 Å². The van der Waals surface area contributed by atoms with Gasteiger partial charge in [0.25, 0.3) is 0 Å². The second-order valence-corrected chi connectivity index (χ2v) is 12.8. The third kappa shape index (κ3) is 6.77. The van der Waals surface area contributed by atoms with Crippen LogP contribution in [0.2, 0.25) is 0 Å². The van der Waals surface area contributed by atoms with Crippen molar-refractivity contribution in [2.24, 2.45) is 12.8 Å². The molecule has 9 rings (SSSR count). The zero-order valence-corrected chi connectivity index (χ0v) is 29.4. The molecule has 0 amide bonds. The molecule has 8 aromatic carbocycles. The van der Waals surface area contributed by atoms with Crippen LogP contribution in [0.3, 0.4) is 0 Å². The molecule has 51 heavy (non-hydrogen) atoms. The number of nitrogens with zero attached hydrogens (tertiary/aromatic N) is 1. The minimum atomic E-state index is 1.10. The molecule has 0 spiro atoms. The van der Waals surface area contributed by atoms with Gasteiger partial charge in [0.15, 0.2) is 0 Å². The second kappa shape index (κ2) is 15.0. The quantitative estimate of drug-likeness (QED) is 0.188. The molecule has 0 atom stereocenters. The summed E-state index contributed by atoms with van der Waals surface area (Å²) >= 11 is 0. The zero-order chi connectivity index (χ0) is 35.2. The molecule has 0 unspecified atom stereocenters. The molecular weight excluding hydrogens is 617 g/mol. The maximum absolute atomic E-state index is 5.14. The highest BCUT2D eigenvalue weighted by atomic mass is 14.9. The summed E-state index contributed by atoms with van der Waals surface area (Å²) in [6.45, 7) is 3.92. The number of fused-ring (bicyclic) bond motifs is 7. The van der Waals surface area contributed by atoms with Gasteiger partial charge in [-0.3, -0.25) is 0 Å². The lowest BCUT2D eigenvalue weighted by Crippen LogP contribution is -1.89. The summed E-state index contributed by atoms with van der Waals surface area (Å²) < 4.78 is 2.33. The van der Waals surface area contributed by atoms with Gasteiger partial charge in [0, 0.05) is 28.7 Å². The number of hydrogen-bond acceptors (Lipinski definition) is 1. The molecular formula is C49H42N2. The molecule has 2 nitrogen and oxygen atoms in total. The first-order valence-electron chi connectivity index (χ1n) is 17.5. The molecule has 2 heteroatoms. The average Bonchev–Trinajstić information content (AvgIpc) is 3.49. The van der Waals surface area contributed by atoms with Crippen molar-refractivity contribution in [1.29, 1.82) is 0 Å². The molecule has 0 bridgehead atoms. The van der Waals surface area contributed by atoms with Crippen molar-refractivity contribution in [1.82, 2.24) is 4.57 Å². The van der Waals surface area contributed by atoms with Crippen LogP contribution in [0.25, 0.3) is 76.4 Å². The predicted octanol–water partition coefficient (Wildman–Crippen LogP) is 13.2. The summed E-state index contributed by atoms with van der Waals surface area (Å²) in [6.07, 6.45) is 5.50. The van der Waals surface area contributed by atoms with Gasteiger partial charge < -0.3 is 10.3 Å². The number of allylic oxidation sites excluding steroid dienone is 3. The molecule has 0 aliphatic carbocycles. The molecule has 0 aliphatic heterocycles. The highest BCUT2D eigenvalue weighted by molar-refractivity contribution is 6.18. The average molecular weight is 659 g/mol. The molecule has 0 saturated carbocycles. The molecule has 0 fully saturated rings. The van der Waals surface area contributed by atoms with Crippen molar-refractivity contribution in [2.75, 3.05) is 0 Å². The Morgan fingerprint density at radius 1 is 0.490 bits per heavy atom. The van der Waals surface area contributed by atoms with Gasteiger partial charge in [-0.2, -0.15) is 0 Å². The van der Waals surface area contributed by atoms with Crippen LogP contribution in [-0.2, 0) is 7.05 Å². The van der Waals surface area contributed by atoms with E-state index in [1.807, 2.05) is 26.0 Å². The normalized spacial score (nSPS) is 11.5. The molecule has 248 valence electrons. The van der Waals surface area contributed by atoms with Crippen LogP contribution in [0.5, 0.6) is 0 Å². The third-order valence-electron chi connectivity index (χ3n) is 9.55. The summed E-state index contributed by atoms with van der Waals surface area (Å²) in [5.41, 5.74) is 13.9. The Morgan fingerprint density at radius 3 is 1.61 bits per heavy atom. The minimum Gasteiger partial charge on any atom is -0.404 e. The van der Waals surface area contributed by atoms with Gasteiger partial charge in [0.2, 0.25) is 0 Å². The Kier molecular flexibility index (Phi) is 9.76. The molecule has 2 N–H and O–H groups in total. The Bertz CT molecular complexity index is 2610. The molecule has 1 aromatic heterocycles. The number of para-hydroxylation sites is 1. The molecule has 1 heterocycles. The van der Waals surface area contributed by atoms with Crippen LogP contribution in [0.4, 0.5) is 0 Å². The highest BCUT2D eigenvalue weighted by Crippen LogP contribution is 2.39. The van der Waals surface area contributed by atoms with Gasteiger partial charge in [0.05, 0.1) is 5.52 Å². The Hall–Kier alpha value is -6.38. The number of benzene rings is 8. The second-order valence-electron chi connectivity index (χ2n) is 12.8. The van der Waals surface area contributed by atoms with E-state index < -0.39 is 0 Å². The van der Waals surface area contributed by atoms with E-state index in [0.29, 0.717) is 0 Å². The molecule has 0 saturated heterocycles. The van der Waals surface area contributed by atoms with Crippen LogP contribution < -0.4 is 5.73 Å². The monoisotopic (exact) mass is 658 g/mol. The van der Waals surface area contributed by atoms with E-state index in [1.165, 1.54) is 76.4 Å². The first kappa shape index (κ1) is 33.1. The SMILES string of the molecule is C/C=C\C(C)=C/N.Cn1c2ccccc2c2ccc3cc(-c4ccc(-c5ccccc5)c5ccccc45)ccc3c21.c1ccc2ccccc2c1. The Balaban J connectivity index is 0.000000196. The number of nitrogens with two attached hydrogens (primary N) is 1. The van der Waals surface area contributed by atoms with Gasteiger partial charge in [0.1, 0.15) is 0 Å². The lowest BCUT2D eigenvalue weighted by Gasteiger charge is -2.13. The zero-order valence-electron chi connectivity index (χ0n) is 29.4. The van der Waals surface area contributed by atoms with Crippen molar-refractivity contribution in [2.45, 2.75) is 13.8 Å². The van der Waals surface area contributed by atoms with E-state index in [9.17, 15) is 0 Å². The van der Waals surface area contributed by atoms with E-state index in [4.69, 9.17) is 5.73 Å². The van der Waals surface area contributed by atoms with Gasteiger partial charge in [-0.25, -0.2) is 0 Å². The maximum Gasteiger partial charge on any atom is 0.0568 e. The Labute approximate surface area is 300 Å². The number of rotatable bonds is 3. The third-order valence-corrected chi connectivity index (χ3v) is 9.55. The molecule has 0 radical (unpaired) electrons. The van der Waals surface area contributed by atoms with E-state index in [2.05, 4.69) is 181 Å². The van der Waals surface area contributed by atoms with Crippen molar-refractivity contribution in [3.8, 4) is 22.3 Å². The number of aryl methyl sites for hydroxylation is 1. The summed E-state index contributed by atoms with van der Waals surface area (Å²) in [5, 5.41) is 10.4. The first-order chi connectivity index (χ1) is 25.1. The highest BCUT2D eigenvalue weighted by Gasteiger charge is 2.13. The standard InChI is InChI=1S/C33H23N.C10H8.C6H11N/c1-34-32-14-8-7-13-30(32)31-18-16-24-21-23(15-17-27(24)33(31)34)26-20-19-25(22-9-3-2-4-10-22)28-11-5-6-12-29(26)28;1-2-6-10-8-4-3-7-9(10)5-1;1-3-4-6(2)5-7/h2-21H,1H3;1-8H;3-5H,7H2,1-2H3/b;;4-3-,6-5-. The fourth-order valence-corrected chi connectivity index (χ4v) is 7.05. The maximum atomic E-state index is 5.14. The first-order valence-corrected chi connectivity index (χ1v) is 17.5. The number of aromatic nitrogens is 1. The van der Waals surface area contributed by atoms with Crippen molar-refractivity contribution in [3.05, 3.63) is 194 Å². The van der Waals surface area contributed by atoms with Gasteiger partial charge >= 0.3 is 0 Å². The fraction of sp³-hybridized carbons (Fsp3) is 0.0612. The summed E-state index contributed by atoms with van der Waals surface area (Å²) in [7, 11) is 2.17. The number of hydrogen-bond donors (Lipinski definition) is 1. The van der Waals surface area contributed by atoms with E-state index in [0.717, 1.165) is 5.57 Å². The van der Waals surface area contributed by atoms with Crippen molar-refractivity contribution >= 4 is 54.1 Å². The lowest BCUT2D eigenvalue weighted by atomic mass is 9.91.